The maximum atomic E-state index is 12.3. The highest BCUT2D eigenvalue weighted by molar-refractivity contribution is 7.14. The number of hydrogen-bond donors (Lipinski definition) is 1. The lowest BCUT2D eigenvalue weighted by molar-refractivity contribution is 0.0919. The second kappa shape index (κ2) is 4.93. The Balaban J connectivity index is 1.63. The maximum absolute atomic E-state index is 12.3. The second-order valence-corrected chi connectivity index (χ2v) is 7.71. The Kier molecular flexibility index (Phi) is 3.42. The lowest BCUT2D eigenvalue weighted by Gasteiger charge is -2.28. The summed E-state index contributed by atoms with van der Waals surface area (Å²) in [6, 6.07) is 2.34. The normalized spacial score (nSPS) is 30.6. The molecule has 1 heterocycles. The first-order chi connectivity index (χ1) is 9.04. The number of thiophene rings is 1. The first-order valence-corrected chi connectivity index (χ1v) is 8.24. The molecule has 19 heavy (non-hydrogen) atoms. The van der Waals surface area contributed by atoms with Crippen molar-refractivity contribution in [1.82, 2.24) is 5.32 Å². The van der Waals surface area contributed by atoms with Gasteiger partial charge < -0.3 is 5.32 Å². The van der Waals surface area contributed by atoms with Crippen LogP contribution in [0, 0.1) is 31.6 Å². The molecule has 1 aromatic heterocycles. The van der Waals surface area contributed by atoms with Gasteiger partial charge in [0, 0.05) is 10.9 Å². The van der Waals surface area contributed by atoms with Crippen molar-refractivity contribution in [3.8, 4) is 0 Å². The van der Waals surface area contributed by atoms with E-state index in [0.29, 0.717) is 12.0 Å². The van der Waals surface area contributed by atoms with Crippen LogP contribution in [-0.2, 0) is 0 Å². The predicted octanol–water partition coefficient (Wildman–Crippen LogP) is 3.92. The first kappa shape index (κ1) is 13.2. The van der Waals surface area contributed by atoms with Gasteiger partial charge in [-0.15, -0.1) is 11.3 Å². The van der Waals surface area contributed by atoms with Gasteiger partial charge in [0.2, 0.25) is 0 Å². The van der Waals surface area contributed by atoms with Crippen LogP contribution >= 0.6 is 11.3 Å². The summed E-state index contributed by atoms with van der Waals surface area (Å²) in [7, 11) is 0. The molecule has 4 atom stereocenters. The minimum Gasteiger partial charge on any atom is -0.349 e. The highest BCUT2D eigenvalue weighted by atomic mass is 32.1. The summed E-state index contributed by atoms with van der Waals surface area (Å²) in [4.78, 5) is 14.4. The maximum Gasteiger partial charge on any atom is 0.261 e. The topological polar surface area (TPSA) is 29.1 Å². The van der Waals surface area contributed by atoms with E-state index in [9.17, 15) is 4.79 Å². The van der Waals surface area contributed by atoms with Crippen LogP contribution in [0.1, 0.15) is 52.7 Å². The fourth-order valence-corrected chi connectivity index (χ4v) is 4.91. The Labute approximate surface area is 119 Å². The van der Waals surface area contributed by atoms with E-state index in [1.54, 1.807) is 11.3 Å². The molecule has 0 aliphatic heterocycles. The van der Waals surface area contributed by atoms with Crippen molar-refractivity contribution >= 4 is 17.2 Å². The Hall–Kier alpha value is -0.830. The molecule has 2 saturated carbocycles. The standard InChI is InChI=1S/C16H23NOS/c1-9-6-15(19-11(9)3)16(18)17-10(2)14-8-12-4-5-13(14)7-12/h6,10,12-14H,4-5,7-8H2,1-3H3,(H,17,18)/t10-,12-,13-,14-/m1/s1. The van der Waals surface area contributed by atoms with Crippen molar-refractivity contribution in [2.75, 3.05) is 0 Å². The van der Waals surface area contributed by atoms with Crippen LogP contribution in [0.2, 0.25) is 0 Å². The molecule has 2 bridgehead atoms. The number of amides is 1. The second-order valence-electron chi connectivity index (χ2n) is 6.45. The van der Waals surface area contributed by atoms with Gasteiger partial charge in [-0.3, -0.25) is 4.79 Å². The SMILES string of the molecule is Cc1cc(C(=O)N[C@H](C)[C@H]2C[C@@H]3CC[C@@H]2C3)sc1C. The summed E-state index contributed by atoms with van der Waals surface area (Å²) in [5, 5.41) is 3.24. The highest BCUT2D eigenvalue weighted by Gasteiger charge is 2.42. The van der Waals surface area contributed by atoms with Gasteiger partial charge in [0.25, 0.3) is 5.91 Å². The Morgan fingerprint density at radius 3 is 2.68 bits per heavy atom. The van der Waals surface area contributed by atoms with Gasteiger partial charge in [-0.1, -0.05) is 6.42 Å². The number of carbonyl (C=O) groups excluding carboxylic acids is 1. The average Bonchev–Trinajstić information content (AvgIpc) is 3.06. The predicted molar refractivity (Wildman–Crippen MR) is 79.7 cm³/mol. The fourth-order valence-electron chi connectivity index (χ4n) is 3.98. The molecule has 2 aliphatic carbocycles. The van der Waals surface area contributed by atoms with E-state index in [0.717, 1.165) is 16.7 Å². The molecular weight excluding hydrogens is 254 g/mol. The molecule has 2 aliphatic rings. The molecule has 2 nitrogen and oxygen atoms in total. The zero-order chi connectivity index (χ0) is 13.6. The van der Waals surface area contributed by atoms with E-state index in [-0.39, 0.29) is 5.91 Å². The van der Waals surface area contributed by atoms with Gasteiger partial charge in [0.15, 0.2) is 0 Å². The lowest BCUT2D eigenvalue weighted by Crippen LogP contribution is -2.39. The van der Waals surface area contributed by atoms with Crippen LogP contribution in [0.4, 0.5) is 0 Å². The number of rotatable bonds is 3. The molecule has 104 valence electrons. The fraction of sp³-hybridized carbons (Fsp3) is 0.688. The van der Waals surface area contributed by atoms with Gasteiger partial charge in [0.1, 0.15) is 0 Å². The summed E-state index contributed by atoms with van der Waals surface area (Å²) in [6.07, 6.45) is 5.54. The minimum atomic E-state index is 0.122. The van der Waals surface area contributed by atoms with Crippen LogP contribution in [0.3, 0.4) is 0 Å². The number of carbonyl (C=O) groups is 1. The van der Waals surface area contributed by atoms with Crippen molar-refractivity contribution in [2.24, 2.45) is 17.8 Å². The lowest BCUT2D eigenvalue weighted by atomic mass is 9.84. The number of fused-ring (bicyclic) bond motifs is 2. The highest BCUT2D eigenvalue weighted by Crippen LogP contribution is 2.49. The van der Waals surface area contributed by atoms with Crippen molar-refractivity contribution in [3.05, 3.63) is 21.4 Å². The van der Waals surface area contributed by atoms with Gasteiger partial charge in [-0.05, 0) is 69.4 Å². The quantitative estimate of drug-likeness (QED) is 0.891. The third-order valence-electron chi connectivity index (χ3n) is 5.18. The van der Waals surface area contributed by atoms with Crippen LogP contribution in [0.25, 0.3) is 0 Å². The summed E-state index contributed by atoms with van der Waals surface area (Å²) in [5.74, 6) is 2.65. The van der Waals surface area contributed by atoms with Crippen molar-refractivity contribution in [3.63, 3.8) is 0 Å². The zero-order valence-electron chi connectivity index (χ0n) is 12.0. The largest absolute Gasteiger partial charge is 0.349 e. The summed E-state index contributed by atoms with van der Waals surface area (Å²) in [5.41, 5.74) is 1.22. The van der Waals surface area contributed by atoms with Crippen LogP contribution in [-0.4, -0.2) is 11.9 Å². The van der Waals surface area contributed by atoms with Crippen LogP contribution in [0.15, 0.2) is 6.07 Å². The summed E-state index contributed by atoms with van der Waals surface area (Å²) >= 11 is 1.61. The van der Waals surface area contributed by atoms with E-state index in [2.05, 4.69) is 26.1 Å². The van der Waals surface area contributed by atoms with Crippen molar-refractivity contribution < 1.29 is 4.79 Å². The zero-order valence-corrected chi connectivity index (χ0v) is 12.8. The van der Waals surface area contributed by atoms with Crippen molar-refractivity contribution in [1.29, 1.82) is 0 Å². The number of nitrogens with one attached hydrogen (secondary N) is 1. The molecule has 0 aromatic carbocycles. The molecule has 3 heteroatoms. The number of hydrogen-bond acceptors (Lipinski definition) is 2. The van der Waals surface area contributed by atoms with Gasteiger partial charge in [-0.25, -0.2) is 0 Å². The monoisotopic (exact) mass is 277 g/mol. The molecule has 1 aromatic rings. The Bertz CT molecular complexity index is 473. The van der Waals surface area contributed by atoms with E-state index in [4.69, 9.17) is 0 Å². The minimum absolute atomic E-state index is 0.122. The van der Waals surface area contributed by atoms with Gasteiger partial charge >= 0.3 is 0 Å². The van der Waals surface area contributed by atoms with Crippen LogP contribution < -0.4 is 5.32 Å². The van der Waals surface area contributed by atoms with E-state index in [1.807, 2.05) is 6.07 Å². The molecule has 2 fully saturated rings. The van der Waals surface area contributed by atoms with E-state index >= 15 is 0 Å². The van der Waals surface area contributed by atoms with E-state index in [1.165, 1.54) is 36.1 Å². The molecule has 0 saturated heterocycles. The third-order valence-corrected chi connectivity index (χ3v) is 6.33. The molecule has 0 unspecified atom stereocenters. The van der Waals surface area contributed by atoms with E-state index < -0.39 is 0 Å². The molecule has 1 amide bonds. The van der Waals surface area contributed by atoms with Crippen molar-refractivity contribution in [2.45, 2.75) is 52.5 Å². The number of aryl methyl sites for hydroxylation is 2. The molecule has 3 rings (SSSR count). The molecule has 0 spiro atoms. The Morgan fingerprint density at radius 1 is 1.37 bits per heavy atom. The molecular formula is C16H23NOS. The van der Waals surface area contributed by atoms with Crippen LogP contribution in [0.5, 0.6) is 0 Å². The first-order valence-electron chi connectivity index (χ1n) is 7.42. The summed E-state index contributed by atoms with van der Waals surface area (Å²) < 4.78 is 0. The third kappa shape index (κ3) is 2.45. The molecule has 0 radical (unpaired) electrons. The Morgan fingerprint density at radius 2 is 2.16 bits per heavy atom. The smallest absolute Gasteiger partial charge is 0.261 e. The van der Waals surface area contributed by atoms with Gasteiger partial charge in [-0.2, -0.15) is 0 Å². The molecule has 1 N–H and O–H groups in total. The summed E-state index contributed by atoms with van der Waals surface area (Å²) in [6.45, 7) is 6.34. The average molecular weight is 277 g/mol. The van der Waals surface area contributed by atoms with Gasteiger partial charge in [0.05, 0.1) is 4.88 Å².